The molecule has 0 bridgehead atoms. The molecule has 1 N–H and O–H groups in total. The number of hydrogen-bond acceptors (Lipinski definition) is 4. The molecule has 5 rings (SSSR count). The number of fused-ring (bicyclic) bond motifs is 2. The van der Waals surface area contributed by atoms with Crippen molar-refractivity contribution >= 4 is 28.5 Å². The Labute approximate surface area is 186 Å². The Bertz CT molecular complexity index is 1350. The number of aromatic carboxylic acids is 1. The van der Waals surface area contributed by atoms with Crippen LogP contribution in [0.15, 0.2) is 65.1 Å². The highest BCUT2D eigenvalue weighted by Crippen LogP contribution is 2.34. The standard InChI is InChI=1S/C27H24N2O3/c1-3-17-8-10-18(11-9-17)24-13-12-20(32-24)14-19-15-29(2)16-22-25(27(30)31)21-6-4-5-7-23(21)28-26(19)22/h4-14H,3,15-16H2,1-2H3,(H,30,31). The van der Waals surface area contributed by atoms with Crippen LogP contribution in [0.3, 0.4) is 0 Å². The predicted octanol–water partition coefficient (Wildman–Crippen LogP) is 5.74. The lowest BCUT2D eigenvalue weighted by Crippen LogP contribution is -2.28. The molecule has 0 saturated carbocycles. The minimum atomic E-state index is -0.926. The van der Waals surface area contributed by atoms with Gasteiger partial charge in [-0.3, -0.25) is 4.90 Å². The van der Waals surface area contributed by atoms with Crippen molar-refractivity contribution in [3.05, 3.63) is 88.8 Å². The fourth-order valence-corrected chi connectivity index (χ4v) is 4.38. The smallest absolute Gasteiger partial charge is 0.336 e. The zero-order chi connectivity index (χ0) is 22.2. The lowest BCUT2D eigenvalue weighted by molar-refractivity contribution is 0.0696. The number of furan rings is 1. The third-order valence-electron chi connectivity index (χ3n) is 5.97. The van der Waals surface area contributed by atoms with Crippen molar-refractivity contribution < 1.29 is 14.3 Å². The van der Waals surface area contributed by atoms with E-state index >= 15 is 0 Å². The maximum atomic E-state index is 12.2. The number of rotatable bonds is 4. The first-order valence-corrected chi connectivity index (χ1v) is 10.8. The lowest BCUT2D eigenvalue weighted by atomic mass is 9.93. The van der Waals surface area contributed by atoms with Gasteiger partial charge in [-0.05, 0) is 48.9 Å². The number of carboxylic acids is 1. The maximum absolute atomic E-state index is 12.2. The molecular weight excluding hydrogens is 400 g/mol. The van der Waals surface area contributed by atoms with Gasteiger partial charge in [-0.1, -0.05) is 49.4 Å². The summed E-state index contributed by atoms with van der Waals surface area (Å²) in [5.41, 5.74) is 5.78. The van der Waals surface area contributed by atoms with E-state index in [-0.39, 0.29) is 0 Å². The number of aryl methyl sites for hydroxylation is 1. The zero-order valence-corrected chi connectivity index (χ0v) is 18.1. The van der Waals surface area contributed by atoms with Crippen molar-refractivity contribution in [2.24, 2.45) is 0 Å². The number of carboxylic acid groups (broad SMARTS) is 1. The number of pyridine rings is 1. The molecule has 0 amide bonds. The van der Waals surface area contributed by atoms with Gasteiger partial charge in [0.05, 0.1) is 16.8 Å². The van der Waals surface area contributed by atoms with Crippen LogP contribution < -0.4 is 0 Å². The molecule has 0 atom stereocenters. The van der Waals surface area contributed by atoms with Gasteiger partial charge in [0.2, 0.25) is 0 Å². The molecule has 0 aliphatic carbocycles. The van der Waals surface area contributed by atoms with Crippen LogP contribution in [0.5, 0.6) is 0 Å². The molecule has 1 aliphatic heterocycles. The molecule has 2 aromatic heterocycles. The minimum Gasteiger partial charge on any atom is -0.478 e. The number of para-hydroxylation sites is 1. The van der Waals surface area contributed by atoms with E-state index in [1.165, 1.54) is 5.56 Å². The third-order valence-corrected chi connectivity index (χ3v) is 5.97. The monoisotopic (exact) mass is 424 g/mol. The molecule has 1 aliphatic rings. The van der Waals surface area contributed by atoms with Crippen molar-refractivity contribution in [2.75, 3.05) is 13.6 Å². The Hall–Kier alpha value is -3.70. The van der Waals surface area contributed by atoms with Crippen LogP contribution >= 0.6 is 0 Å². The molecule has 5 heteroatoms. The molecule has 3 heterocycles. The molecule has 0 radical (unpaired) electrons. The summed E-state index contributed by atoms with van der Waals surface area (Å²) in [7, 11) is 1.99. The van der Waals surface area contributed by atoms with E-state index in [1.54, 1.807) is 0 Å². The van der Waals surface area contributed by atoms with Crippen molar-refractivity contribution in [2.45, 2.75) is 19.9 Å². The summed E-state index contributed by atoms with van der Waals surface area (Å²) in [6.07, 6.45) is 2.98. The molecule has 2 aromatic carbocycles. The summed E-state index contributed by atoms with van der Waals surface area (Å²) in [4.78, 5) is 19.1. The summed E-state index contributed by atoms with van der Waals surface area (Å²) >= 11 is 0. The number of benzene rings is 2. The summed E-state index contributed by atoms with van der Waals surface area (Å²) in [5, 5.41) is 10.7. The van der Waals surface area contributed by atoms with Crippen LogP contribution in [-0.4, -0.2) is 34.6 Å². The van der Waals surface area contributed by atoms with Gasteiger partial charge in [-0.2, -0.15) is 0 Å². The number of nitrogens with zero attached hydrogens (tertiary/aromatic N) is 2. The van der Waals surface area contributed by atoms with Crippen LogP contribution in [0.25, 0.3) is 33.9 Å². The van der Waals surface area contributed by atoms with E-state index in [9.17, 15) is 9.90 Å². The van der Waals surface area contributed by atoms with Gasteiger partial charge in [-0.15, -0.1) is 0 Å². The zero-order valence-electron chi connectivity index (χ0n) is 18.1. The molecule has 4 aromatic rings. The summed E-state index contributed by atoms with van der Waals surface area (Å²) < 4.78 is 6.12. The van der Waals surface area contributed by atoms with Crippen LogP contribution in [0.1, 0.15) is 39.9 Å². The predicted molar refractivity (Wildman–Crippen MR) is 126 cm³/mol. The van der Waals surface area contributed by atoms with E-state index in [0.717, 1.165) is 40.3 Å². The fraction of sp³-hybridized carbons (Fsp3) is 0.185. The van der Waals surface area contributed by atoms with Crippen LogP contribution in [0.4, 0.5) is 0 Å². The highest BCUT2D eigenvalue weighted by atomic mass is 16.4. The van der Waals surface area contributed by atoms with Gasteiger partial charge in [-0.25, -0.2) is 9.78 Å². The Morgan fingerprint density at radius 3 is 2.62 bits per heavy atom. The van der Waals surface area contributed by atoms with E-state index in [1.807, 2.05) is 49.5 Å². The van der Waals surface area contributed by atoms with E-state index in [0.29, 0.717) is 29.6 Å². The highest BCUT2D eigenvalue weighted by Gasteiger charge is 2.27. The SMILES string of the molecule is CCc1ccc(-c2ccc(C=C3CN(C)Cc4c3nc3ccccc3c4C(=O)O)o2)cc1. The second-order valence-corrected chi connectivity index (χ2v) is 8.23. The topological polar surface area (TPSA) is 66.6 Å². The maximum Gasteiger partial charge on any atom is 0.336 e. The molecule has 5 nitrogen and oxygen atoms in total. The quantitative estimate of drug-likeness (QED) is 0.452. The van der Waals surface area contributed by atoms with Crippen LogP contribution in [0, 0.1) is 0 Å². The fourth-order valence-electron chi connectivity index (χ4n) is 4.38. The third kappa shape index (κ3) is 3.61. The van der Waals surface area contributed by atoms with Crippen molar-refractivity contribution in [1.82, 2.24) is 9.88 Å². The minimum absolute atomic E-state index is 0.333. The first-order chi connectivity index (χ1) is 15.5. The van der Waals surface area contributed by atoms with Gasteiger partial charge >= 0.3 is 5.97 Å². The second-order valence-electron chi connectivity index (χ2n) is 8.23. The Balaban J connectivity index is 1.60. The van der Waals surface area contributed by atoms with E-state index in [4.69, 9.17) is 9.40 Å². The highest BCUT2D eigenvalue weighted by molar-refractivity contribution is 6.05. The summed E-state index contributed by atoms with van der Waals surface area (Å²) in [6.45, 7) is 3.34. The molecule has 160 valence electrons. The number of aromatic nitrogens is 1. The average molecular weight is 425 g/mol. The normalized spacial score (nSPS) is 15.2. The number of carbonyl (C=O) groups is 1. The van der Waals surface area contributed by atoms with E-state index < -0.39 is 5.97 Å². The first kappa shape index (κ1) is 20.2. The van der Waals surface area contributed by atoms with E-state index in [2.05, 4.69) is 36.1 Å². The first-order valence-electron chi connectivity index (χ1n) is 10.8. The Kier molecular flexibility index (Phi) is 5.11. The lowest BCUT2D eigenvalue weighted by Gasteiger charge is -2.28. The van der Waals surface area contributed by atoms with Crippen molar-refractivity contribution in [1.29, 1.82) is 0 Å². The average Bonchev–Trinajstić information content (AvgIpc) is 3.26. The summed E-state index contributed by atoms with van der Waals surface area (Å²) in [5.74, 6) is 0.606. The number of likely N-dealkylation sites (N-methyl/N-ethyl adjacent to an activating group) is 1. The van der Waals surface area contributed by atoms with Gasteiger partial charge < -0.3 is 9.52 Å². The summed E-state index contributed by atoms with van der Waals surface area (Å²) in [6, 6.07) is 19.7. The van der Waals surface area contributed by atoms with Gasteiger partial charge in [0, 0.05) is 29.6 Å². The molecule has 0 unspecified atom stereocenters. The number of hydrogen-bond donors (Lipinski definition) is 1. The van der Waals surface area contributed by atoms with Crippen molar-refractivity contribution in [3.63, 3.8) is 0 Å². The molecular formula is C27H24N2O3. The van der Waals surface area contributed by atoms with Gasteiger partial charge in [0.15, 0.2) is 0 Å². The van der Waals surface area contributed by atoms with Crippen LogP contribution in [-0.2, 0) is 13.0 Å². The Morgan fingerprint density at radius 1 is 1.09 bits per heavy atom. The molecule has 0 fully saturated rings. The largest absolute Gasteiger partial charge is 0.478 e. The van der Waals surface area contributed by atoms with Gasteiger partial charge in [0.1, 0.15) is 11.5 Å². The van der Waals surface area contributed by atoms with Gasteiger partial charge in [0.25, 0.3) is 0 Å². The second kappa shape index (κ2) is 8.09. The van der Waals surface area contributed by atoms with Crippen LogP contribution in [0.2, 0.25) is 0 Å². The molecule has 0 spiro atoms. The molecule has 32 heavy (non-hydrogen) atoms. The molecule has 0 saturated heterocycles. The Morgan fingerprint density at radius 2 is 1.88 bits per heavy atom. The van der Waals surface area contributed by atoms with Crippen molar-refractivity contribution in [3.8, 4) is 11.3 Å².